The van der Waals surface area contributed by atoms with E-state index >= 15 is 0 Å². The average Bonchev–Trinajstić information content (AvgIpc) is 2.15. The number of aliphatic hydroxyl groups is 1. The Morgan fingerprint density at radius 2 is 2.13 bits per heavy atom. The van der Waals surface area contributed by atoms with Gasteiger partial charge in [-0.3, -0.25) is 0 Å². The first-order chi connectivity index (χ1) is 6.86. The number of alkyl halides is 3. The zero-order chi connectivity index (χ0) is 11.6. The molecular formula is C9H11F3O3. The van der Waals surface area contributed by atoms with Crippen molar-refractivity contribution in [2.45, 2.75) is 25.4 Å². The maximum absolute atomic E-state index is 12.3. The van der Waals surface area contributed by atoms with Gasteiger partial charge in [-0.15, -0.1) is 0 Å². The Bertz CT molecular complexity index is 293. The molecule has 0 aromatic heterocycles. The zero-order valence-corrected chi connectivity index (χ0v) is 8.10. The third kappa shape index (κ3) is 2.64. The van der Waals surface area contributed by atoms with Gasteiger partial charge in [0, 0.05) is 6.42 Å². The quantitative estimate of drug-likeness (QED) is 0.695. The Kier molecular flexibility index (Phi) is 3.26. The van der Waals surface area contributed by atoms with Crippen LogP contribution in [0.25, 0.3) is 0 Å². The van der Waals surface area contributed by atoms with Crippen LogP contribution in [0.5, 0.6) is 0 Å². The van der Waals surface area contributed by atoms with Gasteiger partial charge in [0.05, 0.1) is 18.6 Å². The smallest absolute Gasteiger partial charge is 0.392 e. The second kappa shape index (κ2) is 4.12. The van der Waals surface area contributed by atoms with Crippen LogP contribution in [0, 0.1) is 5.92 Å². The molecule has 0 radical (unpaired) electrons. The van der Waals surface area contributed by atoms with Crippen LogP contribution >= 0.6 is 0 Å². The van der Waals surface area contributed by atoms with E-state index < -0.39 is 30.2 Å². The van der Waals surface area contributed by atoms with Crippen LogP contribution in [-0.2, 0) is 9.53 Å². The van der Waals surface area contributed by atoms with E-state index in [2.05, 4.69) is 4.74 Å². The van der Waals surface area contributed by atoms with Gasteiger partial charge < -0.3 is 9.84 Å². The van der Waals surface area contributed by atoms with E-state index in [4.69, 9.17) is 0 Å². The number of carbonyl (C=O) groups is 1. The third-order valence-electron chi connectivity index (χ3n) is 2.43. The summed E-state index contributed by atoms with van der Waals surface area (Å²) in [5, 5.41) is 9.28. The van der Waals surface area contributed by atoms with Gasteiger partial charge >= 0.3 is 12.1 Å². The van der Waals surface area contributed by atoms with Gasteiger partial charge in [-0.05, 0) is 12.8 Å². The summed E-state index contributed by atoms with van der Waals surface area (Å²) in [6, 6.07) is 0. The number of aliphatic hydroxyl groups excluding tert-OH is 1. The van der Waals surface area contributed by atoms with Crippen LogP contribution in [0.3, 0.4) is 0 Å². The molecule has 1 atom stereocenters. The van der Waals surface area contributed by atoms with Crippen LogP contribution < -0.4 is 0 Å². The van der Waals surface area contributed by atoms with E-state index in [1.165, 1.54) is 0 Å². The molecule has 0 saturated heterocycles. The predicted molar refractivity (Wildman–Crippen MR) is 45.1 cm³/mol. The fraction of sp³-hybridized carbons (Fsp3) is 0.667. The van der Waals surface area contributed by atoms with Gasteiger partial charge in [-0.2, -0.15) is 13.2 Å². The molecule has 0 heterocycles. The molecule has 1 rings (SSSR count). The Labute approximate surface area is 84.5 Å². The molecular weight excluding hydrogens is 213 g/mol. The molecule has 0 aliphatic heterocycles. The first kappa shape index (κ1) is 11.9. The lowest BCUT2D eigenvalue weighted by Gasteiger charge is -2.25. The minimum atomic E-state index is -4.32. The van der Waals surface area contributed by atoms with E-state index in [9.17, 15) is 23.1 Å². The molecule has 86 valence electrons. The molecule has 0 fully saturated rings. The van der Waals surface area contributed by atoms with E-state index in [0.29, 0.717) is 0 Å². The van der Waals surface area contributed by atoms with Crippen molar-refractivity contribution in [3.8, 4) is 0 Å². The molecule has 15 heavy (non-hydrogen) atoms. The van der Waals surface area contributed by atoms with Crippen LogP contribution in [0.4, 0.5) is 13.2 Å². The topological polar surface area (TPSA) is 46.5 Å². The average molecular weight is 224 g/mol. The maximum Gasteiger partial charge on any atom is 0.392 e. The van der Waals surface area contributed by atoms with Crippen molar-refractivity contribution in [3.05, 3.63) is 11.3 Å². The number of carbonyl (C=O) groups excluding carboxylic acids is 1. The van der Waals surface area contributed by atoms with Crippen molar-refractivity contribution in [2.75, 3.05) is 7.11 Å². The first-order valence-electron chi connectivity index (χ1n) is 4.42. The summed E-state index contributed by atoms with van der Waals surface area (Å²) in [4.78, 5) is 11.0. The molecule has 0 spiro atoms. The van der Waals surface area contributed by atoms with Crippen LogP contribution in [0.1, 0.15) is 19.3 Å². The Morgan fingerprint density at radius 3 is 2.53 bits per heavy atom. The molecule has 0 aromatic rings. The molecule has 1 aliphatic rings. The predicted octanol–water partition coefficient (Wildman–Crippen LogP) is 2.33. The number of methoxy groups -OCH3 is 1. The molecule has 0 bridgehead atoms. The number of allylic oxidation sites excluding steroid dienone is 1. The number of rotatable bonds is 1. The lowest BCUT2D eigenvalue weighted by molar-refractivity contribution is -0.179. The molecule has 0 aromatic carbocycles. The number of hydrogen-bond donors (Lipinski definition) is 1. The second-order valence-electron chi connectivity index (χ2n) is 3.40. The number of esters is 1. The SMILES string of the molecule is COC(=O)C1=C(O)CC(C(F)(F)F)CC1. The zero-order valence-electron chi connectivity index (χ0n) is 8.10. The largest absolute Gasteiger partial charge is 0.512 e. The van der Waals surface area contributed by atoms with Crippen molar-refractivity contribution in [1.29, 1.82) is 0 Å². The van der Waals surface area contributed by atoms with Crippen molar-refractivity contribution >= 4 is 5.97 Å². The summed E-state index contributed by atoms with van der Waals surface area (Å²) in [5.74, 6) is -2.82. The molecule has 1 aliphatic carbocycles. The molecule has 1 unspecified atom stereocenters. The lowest BCUT2D eigenvalue weighted by Crippen LogP contribution is -2.28. The van der Waals surface area contributed by atoms with Gasteiger partial charge in [0.1, 0.15) is 5.76 Å². The number of hydrogen-bond acceptors (Lipinski definition) is 3. The Balaban J connectivity index is 2.79. The lowest BCUT2D eigenvalue weighted by atomic mass is 9.88. The van der Waals surface area contributed by atoms with E-state index in [-0.39, 0.29) is 18.4 Å². The summed E-state index contributed by atoms with van der Waals surface area (Å²) in [7, 11) is 1.12. The van der Waals surface area contributed by atoms with Crippen molar-refractivity contribution in [2.24, 2.45) is 5.92 Å². The summed E-state index contributed by atoms with van der Waals surface area (Å²) < 4.78 is 41.2. The van der Waals surface area contributed by atoms with Crippen LogP contribution in [0.2, 0.25) is 0 Å². The van der Waals surface area contributed by atoms with Gasteiger partial charge in [0.2, 0.25) is 0 Å². The van der Waals surface area contributed by atoms with Crippen molar-refractivity contribution in [3.63, 3.8) is 0 Å². The highest BCUT2D eigenvalue weighted by Gasteiger charge is 2.42. The molecule has 0 saturated carbocycles. The van der Waals surface area contributed by atoms with Gasteiger partial charge in [0.25, 0.3) is 0 Å². The van der Waals surface area contributed by atoms with Crippen molar-refractivity contribution in [1.82, 2.24) is 0 Å². The number of halogens is 3. The monoisotopic (exact) mass is 224 g/mol. The highest BCUT2D eigenvalue weighted by Crippen LogP contribution is 2.39. The van der Waals surface area contributed by atoms with Gasteiger partial charge in [-0.1, -0.05) is 0 Å². The maximum atomic E-state index is 12.3. The first-order valence-corrected chi connectivity index (χ1v) is 4.42. The van der Waals surface area contributed by atoms with Crippen LogP contribution in [0.15, 0.2) is 11.3 Å². The second-order valence-corrected chi connectivity index (χ2v) is 3.40. The molecule has 6 heteroatoms. The van der Waals surface area contributed by atoms with Crippen LogP contribution in [-0.4, -0.2) is 24.4 Å². The normalized spacial score (nSPS) is 22.8. The minimum absolute atomic E-state index is 0.0435. The minimum Gasteiger partial charge on any atom is -0.512 e. The fourth-order valence-corrected chi connectivity index (χ4v) is 1.54. The summed E-state index contributed by atoms with van der Waals surface area (Å²) in [6.07, 6.45) is -5.13. The Morgan fingerprint density at radius 1 is 1.53 bits per heavy atom. The summed E-state index contributed by atoms with van der Waals surface area (Å²) in [6.45, 7) is 0. The van der Waals surface area contributed by atoms with Gasteiger partial charge in [-0.25, -0.2) is 4.79 Å². The van der Waals surface area contributed by atoms with E-state index in [1.807, 2.05) is 0 Å². The standard InChI is InChI=1S/C9H11F3O3/c1-15-8(14)6-3-2-5(4-7(6)13)9(10,11)12/h5,13H,2-4H2,1H3. The highest BCUT2D eigenvalue weighted by molar-refractivity contribution is 5.89. The molecule has 0 amide bonds. The number of ether oxygens (including phenoxy) is 1. The molecule has 3 nitrogen and oxygen atoms in total. The van der Waals surface area contributed by atoms with Crippen molar-refractivity contribution < 1.29 is 27.8 Å². The highest BCUT2D eigenvalue weighted by atomic mass is 19.4. The Hall–Kier alpha value is -1.20. The molecule has 1 N–H and O–H groups in total. The summed E-state index contributed by atoms with van der Waals surface area (Å²) >= 11 is 0. The van der Waals surface area contributed by atoms with Gasteiger partial charge in [0.15, 0.2) is 0 Å². The van der Waals surface area contributed by atoms with E-state index in [0.717, 1.165) is 7.11 Å². The third-order valence-corrected chi connectivity index (χ3v) is 2.43. The summed E-state index contributed by atoms with van der Waals surface area (Å²) in [5.41, 5.74) is -0.0435. The van der Waals surface area contributed by atoms with E-state index in [1.54, 1.807) is 0 Å². The fourth-order valence-electron chi connectivity index (χ4n) is 1.54.